The Kier molecular flexibility index (Phi) is 2.62. The molecule has 2 rings (SSSR count). The number of hydrogen-bond acceptors (Lipinski definition) is 2. The van der Waals surface area contributed by atoms with Crippen LogP contribution < -0.4 is 0 Å². The topological polar surface area (TPSA) is 26.3 Å². The maximum absolute atomic E-state index is 11.2. The predicted molar refractivity (Wildman–Crippen MR) is 54.8 cm³/mol. The Hall–Kier alpha value is -0.790. The monoisotopic (exact) mass is 194 g/mol. The van der Waals surface area contributed by atoms with Gasteiger partial charge in [-0.2, -0.15) is 0 Å². The van der Waals surface area contributed by atoms with Gasteiger partial charge in [0.25, 0.3) is 0 Å². The maximum atomic E-state index is 11.2. The normalized spacial score (nSPS) is 36.3. The minimum atomic E-state index is 0.00567. The van der Waals surface area contributed by atoms with Crippen LogP contribution in [-0.4, -0.2) is 12.6 Å². The molecule has 1 saturated heterocycles. The van der Waals surface area contributed by atoms with Crippen molar-refractivity contribution in [1.29, 1.82) is 0 Å². The number of allylic oxidation sites excluding steroid dienone is 1. The third-order valence-corrected chi connectivity index (χ3v) is 3.87. The standard InChI is InChI=1S/C12H18O2/c1-2-3-6-12-7-4-5-10(12)8-11(13)14-9-12/h2,10H,1,3-9H2/t10-,12+/m0/s1. The molecule has 2 fully saturated rings. The summed E-state index contributed by atoms with van der Waals surface area (Å²) < 4.78 is 5.22. The highest BCUT2D eigenvalue weighted by Crippen LogP contribution is 2.50. The van der Waals surface area contributed by atoms with Gasteiger partial charge in [0.05, 0.1) is 6.61 Å². The van der Waals surface area contributed by atoms with Crippen LogP contribution in [0.1, 0.15) is 38.5 Å². The van der Waals surface area contributed by atoms with Crippen molar-refractivity contribution in [2.45, 2.75) is 38.5 Å². The molecule has 0 unspecified atom stereocenters. The number of ether oxygens (including phenoxy) is 1. The molecule has 1 saturated carbocycles. The molecule has 2 aliphatic rings. The van der Waals surface area contributed by atoms with Gasteiger partial charge in [-0.3, -0.25) is 4.79 Å². The molecule has 0 aromatic rings. The average Bonchev–Trinajstić information content (AvgIpc) is 2.58. The van der Waals surface area contributed by atoms with Crippen LogP contribution in [0.4, 0.5) is 0 Å². The molecule has 2 nitrogen and oxygen atoms in total. The van der Waals surface area contributed by atoms with Crippen molar-refractivity contribution < 1.29 is 9.53 Å². The molecule has 1 aliphatic heterocycles. The second-order valence-electron chi connectivity index (χ2n) is 4.64. The van der Waals surface area contributed by atoms with Crippen molar-refractivity contribution in [3.63, 3.8) is 0 Å². The Morgan fingerprint density at radius 2 is 2.50 bits per heavy atom. The maximum Gasteiger partial charge on any atom is 0.306 e. The second kappa shape index (κ2) is 3.76. The highest BCUT2D eigenvalue weighted by Gasteiger charge is 2.46. The number of carbonyl (C=O) groups is 1. The van der Waals surface area contributed by atoms with Gasteiger partial charge in [-0.05, 0) is 31.6 Å². The van der Waals surface area contributed by atoms with E-state index < -0.39 is 0 Å². The Balaban J connectivity index is 2.06. The first-order chi connectivity index (χ1) is 6.77. The van der Waals surface area contributed by atoms with Gasteiger partial charge in [0.1, 0.15) is 0 Å². The van der Waals surface area contributed by atoms with Crippen molar-refractivity contribution >= 4 is 5.97 Å². The lowest BCUT2D eigenvalue weighted by molar-refractivity contribution is -0.158. The van der Waals surface area contributed by atoms with E-state index in [2.05, 4.69) is 6.58 Å². The summed E-state index contributed by atoms with van der Waals surface area (Å²) in [5.74, 6) is 0.592. The fourth-order valence-electron chi connectivity index (χ4n) is 2.99. The molecule has 2 atom stereocenters. The van der Waals surface area contributed by atoms with E-state index in [1.807, 2.05) is 6.08 Å². The first-order valence-corrected chi connectivity index (χ1v) is 5.53. The lowest BCUT2D eigenvalue weighted by Gasteiger charge is -2.38. The number of hydrogen-bond donors (Lipinski definition) is 0. The Labute approximate surface area is 85.3 Å². The lowest BCUT2D eigenvalue weighted by atomic mass is 9.72. The summed E-state index contributed by atoms with van der Waals surface area (Å²) in [6.07, 6.45) is 8.53. The van der Waals surface area contributed by atoms with Crippen molar-refractivity contribution in [2.75, 3.05) is 6.61 Å². The molecule has 0 spiro atoms. The minimum absolute atomic E-state index is 0.00567. The van der Waals surface area contributed by atoms with Gasteiger partial charge in [0.2, 0.25) is 0 Å². The third-order valence-electron chi connectivity index (χ3n) is 3.87. The van der Waals surface area contributed by atoms with E-state index in [-0.39, 0.29) is 5.97 Å². The second-order valence-corrected chi connectivity index (χ2v) is 4.64. The van der Waals surface area contributed by atoms with Gasteiger partial charge in [0, 0.05) is 11.8 Å². The Morgan fingerprint density at radius 3 is 3.29 bits per heavy atom. The average molecular weight is 194 g/mol. The number of rotatable bonds is 3. The van der Waals surface area contributed by atoms with Crippen LogP contribution in [0.25, 0.3) is 0 Å². The van der Waals surface area contributed by atoms with Crippen molar-refractivity contribution in [2.24, 2.45) is 11.3 Å². The van der Waals surface area contributed by atoms with Crippen LogP contribution in [0.5, 0.6) is 0 Å². The zero-order valence-electron chi connectivity index (χ0n) is 8.63. The summed E-state index contributed by atoms with van der Waals surface area (Å²) in [6.45, 7) is 4.42. The Bertz CT molecular complexity index is 243. The number of cyclic esters (lactones) is 1. The van der Waals surface area contributed by atoms with Crippen LogP contribution in [0.15, 0.2) is 12.7 Å². The lowest BCUT2D eigenvalue weighted by Crippen LogP contribution is -2.38. The van der Waals surface area contributed by atoms with E-state index in [0.29, 0.717) is 24.4 Å². The van der Waals surface area contributed by atoms with Crippen LogP contribution in [-0.2, 0) is 9.53 Å². The fraction of sp³-hybridized carbons (Fsp3) is 0.750. The molecule has 14 heavy (non-hydrogen) atoms. The smallest absolute Gasteiger partial charge is 0.306 e. The molecule has 1 aliphatic carbocycles. The van der Waals surface area contributed by atoms with Gasteiger partial charge >= 0.3 is 5.97 Å². The molecule has 2 heteroatoms. The summed E-state index contributed by atoms with van der Waals surface area (Å²) >= 11 is 0. The molecule has 0 radical (unpaired) electrons. The molecular weight excluding hydrogens is 176 g/mol. The summed E-state index contributed by atoms with van der Waals surface area (Å²) in [5.41, 5.74) is 0.308. The van der Waals surface area contributed by atoms with Gasteiger partial charge < -0.3 is 4.74 Å². The van der Waals surface area contributed by atoms with E-state index in [0.717, 1.165) is 12.8 Å². The van der Waals surface area contributed by atoms with Crippen molar-refractivity contribution in [1.82, 2.24) is 0 Å². The van der Waals surface area contributed by atoms with Crippen LogP contribution in [0, 0.1) is 11.3 Å². The Morgan fingerprint density at radius 1 is 1.64 bits per heavy atom. The van der Waals surface area contributed by atoms with E-state index >= 15 is 0 Å². The quantitative estimate of drug-likeness (QED) is 0.510. The largest absolute Gasteiger partial charge is 0.465 e. The molecule has 0 N–H and O–H groups in total. The minimum Gasteiger partial charge on any atom is -0.465 e. The molecule has 0 aromatic carbocycles. The molecule has 0 amide bonds. The number of carbonyl (C=O) groups excluding carboxylic acids is 1. The third kappa shape index (κ3) is 1.58. The van der Waals surface area contributed by atoms with Crippen LogP contribution >= 0.6 is 0 Å². The van der Waals surface area contributed by atoms with Crippen LogP contribution in [0.3, 0.4) is 0 Å². The van der Waals surface area contributed by atoms with E-state index in [1.165, 1.54) is 19.3 Å². The van der Waals surface area contributed by atoms with E-state index in [9.17, 15) is 4.79 Å². The zero-order chi connectivity index (χ0) is 10.0. The summed E-state index contributed by atoms with van der Waals surface area (Å²) in [6, 6.07) is 0. The highest BCUT2D eigenvalue weighted by molar-refractivity contribution is 5.70. The van der Waals surface area contributed by atoms with E-state index in [4.69, 9.17) is 4.74 Å². The van der Waals surface area contributed by atoms with Crippen molar-refractivity contribution in [3.8, 4) is 0 Å². The van der Waals surface area contributed by atoms with Gasteiger partial charge in [-0.25, -0.2) is 0 Å². The first kappa shape index (κ1) is 9.75. The first-order valence-electron chi connectivity index (χ1n) is 5.53. The van der Waals surface area contributed by atoms with Gasteiger partial charge in [-0.1, -0.05) is 12.5 Å². The SMILES string of the molecule is C=CCC[C@]12CCC[C@H]1CC(=O)OC2. The summed E-state index contributed by atoms with van der Waals surface area (Å²) in [4.78, 5) is 11.2. The van der Waals surface area contributed by atoms with E-state index in [1.54, 1.807) is 0 Å². The summed E-state index contributed by atoms with van der Waals surface area (Å²) in [5, 5.41) is 0. The molecule has 1 heterocycles. The van der Waals surface area contributed by atoms with Crippen molar-refractivity contribution in [3.05, 3.63) is 12.7 Å². The van der Waals surface area contributed by atoms with Gasteiger partial charge in [-0.15, -0.1) is 6.58 Å². The number of fused-ring (bicyclic) bond motifs is 1. The highest BCUT2D eigenvalue weighted by atomic mass is 16.5. The molecule has 78 valence electrons. The molecule has 0 aromatic heterocycles. The van der Waals surface area contributed by atoms with Crippen LogP contribution in [0.2, 0.25) is 0 Å². The molecule has 0 bridgehead atoms. The summed E-state index contributed by atoms with van der Waals surface area (Å²) in [7, 11) is 0. The fourth-order valence-corrected chi connectivity index (χ4v) is 2.99. The molecular formula is C12H18O2. The predicted octanol–water partition coefficient (Wildman–Crippen LogP) is 2.69. The number of esters is 1. The zero-order valence-corrected chi connectivity index (χ0v) is 8.63. The van der Waals surface area contributed by atoms with Gasteiger partial charge in [0.15, 0.2) is 0 Å².